The third kappa shape index (κ3) is 2.70. The van der Waals surface area contributed by atoms with Crippen LogP contribution in [-0.4, -0.2) is 13.2 Å². The fraction of sp³-hybridized carbons (Fsp3) is 0.467. The first-order valence-electron chi connectivity index (χ1n) is 7.25. The Labute approximate surface area is 139 Å². The second kappa shape index (κ2) is 6.68. The summed E-state index contributed by atoms with van der Waals surface area (Å²) in [5, 5.41) is 1.19. The van der Waals surface area contributed by atoms with E-state index in [2.05, 4.69) is 6.92 Å². The summed E-state index contributed by atoms with van der Waals surface area (Å²) in [6.45, 7) is 4.80. The van der Waals surface area contributed by atoms with E-state index in [9.17, 15) is 8.78 Å². The summed E-state index contributed by atoms with van der Waals surface area (Å²) in [4.78, 5) is 0. The molecule has 0 radical (unpaired) electrons. The molecule has 0 atom stereocenters. The van der Waals surface area contributed by atoms with Crippen LogP contribution >= 0.6 is 34.0 Å². The van der Waals surface area contributed by atoms with Crippen LogP contribution in [0.3, 0.4) is 0 Å². The highest BCUT2D eigenvalue weighted by Crippen LogP contribution is 2.51. The Morgan fingerprint density at radius 2 is 1.41 bits per heavy atom. The normalized spacial score (nSPS) is 11.6. The maximum absolute atomic E-state index is 14.6. The van der Waals surface area contributed by atoms with Crippen molar-refractivity contribution in [1.29, 1.82) is 0 Å². The van der Waals surface area contributed by atoms with Gasteiger partial charge < -0.3 is 9.47 Å². The predicted molar refractivity (Wildman–Crippen MR) is 91.2 cm³/mol. The summed E-state index contributed by atoms with van der Waals surface area (Å²) >= 11 is 3.90. The van der Waals surface area contributed by atoms with Crippen molar-refractivity contribution in [2.45, 2.75) is 33.1 Å². The van der Waals surface area contributed by atoms with Crippen molar-refractivity contribution in [2.24, 2.45) is 0 Å². The van der Waals surface area contributed by atoms with Gasteiger partial charge >= 0.3 is 0 Å². The minimum absolute atomic E-state index is 0.238. The number of hydrogen-bond acceptors (Lipinski definition) is 5. The average molecular weight is 362 g/mol. The molecule has 7 heteroatoms. The molecule has 0 saturated heterocycles. The van der Waals surface area contributed by atoms with Crippen LogP contribution < -0.4 is 9.47 Å². The molecule has 3 heterocycles. The first-order chi connectivity index (χ1) is 10.7. The summed E-state index contributed by atoms with van der Waals surface area (Å²) in [6.07, 6.45) is 3.05. The number of thiophene rings is 3. The van der Waals surface area contributed by atoms with Gasteiger partial charge in [-0.1, -0.05) is 42.4 Å². The molecule has 22 heavy (non-hydrogen) atoms. The van der Waals surface area contributed by atoms with Crippen LogP contribution in [0.5, 0.6) is 10.1 Å². The molecule has 0 spiro atoms. The van der Waals surface area contributed by atoms with E-state index in [-0.39, 0.29) is 10.1 Å². The highest BCUT2D eigenvalue weighted by Gasteiger charge is 2.25. The molecular weight excluding hydrogens is 346 g/mol. The Morgan fingerprint density at radius 1 is 0.818 bits per heavy atom. The largest absolute Gasteiger partial charge is 0.482 e. The van der Waals surface area contributed by atoms with E-state index in [0.29, 0.717) is 24.0 Å². The molecule has 2 nitrogen and oxygen atoms in total. The summed E-state index contributed by atoms with van der Waals surface area (Å²) in [5.74, 6) is -0.898. The lowest BCUT2D eigenvalue weighted by Crippen LogP contribution is -1.96. The number of halogens is 2. The monoisotopic (exact) mass is 362 g/mol. The van der Waals surface area contributed by atoms with Gasteiger partial charge in [-0.25, -0.2) is 8.78 Å². The lowest BCUT2D eigenvalue weighted by Gasteiger charge is -2.02. The number of fused-ring (bicyclic) bond motifs is 3. The van der Waals surface area contributed by atoms with Crippen LogP contribution in [0, 0.1) is 11.6 Å². The van der Waals surface area contributed by atoms with E-state index < -0.39 is 11.6 Å². The van der Waals surface area contributed by atoms with E-state index >= 15 is 0 Å². The fourth-order valence-corrected chi connectivity index (χ4v) is 6.06. The summed E-state index contributed by atoms with van der Waals surface area (Å²) in [7, 11) is 0. The Balaban J connectivity index is 1.96. The van der Waals surface area contributed by atoms with Crippen molar-refractivity contribution in [1.82, 2.24) is 0 Å². The standard InChI is InChI=1S/C15H16F2O2S3/c1-3-5-6-7-19-13-11(17)9-8-10(16)12(18-4-2)20-14(8)22-15(9)21-13/h3-7H2,1-2H3. The lowest BCUT2D eigenvalue weighted by atomic mass is 10.3. The quantitative estimate of drug-likeness (QED) is 0.451. The second-order valence-electron chi connectivity index (χ2n) is 4.82. The molecule has 0 N–H and O–H groups in total. The van der Waals surface area contributed by atoms with Crippen LogP contribution in [-0.2, 0) is 0 Å². The van der Waals surface area contributed by atoms with Gasteiger partial charge in [0.05, 0.1) is 32.0 Å². The average Bonchev–Trinajstić information content (AvgIpc) is 3.08. The van der Waals surface area contributed by atoms with Crippen molar-refractivity contribution in [3.63, 3.8) is 0 Å². The predicted octanol–water partition coefficient (Wildman–Crippen LogP) is 6.42. The van der Waals surface area contributed by atoms with Gasteiger partial charge in [0.2, 0.25) is 10.1 Å². The zero-order valence-electron chi connectivity index (χ0n) is 12.3. The number of hydrogen-bond donors (Lipinski definition) is 0. The SMILES string of the molecule is CCCCCOc1sc2sc3sc(OCC)c(F)c3c2c1F. The minimum Gasteiger partial charge on any atom is -0.482 e. The van der Waals surface area contributed by atoms with Gasteiger partial charge in [-0.3, -0.25) is 0 Å². The third-order valence-corrected chi connectivity index (χ3v) is 6.79. The number of ether oxygens (including phenoxy) is 2. The van der Waals surface area contributed by atoms with E-state index in [0.717, 1.165) is 27.3 Å². The first kappa shape index (κ1) is 16.0. The molecule has 3 aromatic rings. The molecule has 0 unspecified atom stereocenters. The Morgan fingerprint density at radius 3 is 1.95 bits per heavy atom. The Kier molecular flexibility index (Phi) is 4.84. The van der Waals surface area contributed by atoms with Gasteiger partial charge in [-0.05, 0) is 13.3 Å². The fourth-order valence-electron chi connectivity index (χ4n) is 2.23. The van der Waals surface area contributed by atoms with Gasteiger partial charge in [0, 0.05) is 0 Å². The zero-order chi connectivity index (χ0) is 15.7. The first-order valence-corrected chi connectivity index (χ1v) is 9.70. The Hall–Kier alpha value is -0.920. The van der Waals surface area contributed by atoms with Crippen LogP contribution in [0.2, 0.25) is 0 Å². The minimum atomic E-state index is -0.456. The number of rotatable bonds is 7. The van der Waals surface area contributed by atoms with Crippen molar-refractivity contribution in [2.75, 3.05) is 13.2 Å². The van der Waals surface area contributed by atoms with E-state index in [1.807, 2.05) is 0 Å². The van der Waals surface area contributed by atoms with Crippen LogP contribution in [0.1, 0.15) is 33.1 Å². The highest BCUT2D eigenvalue weighted by atomic mass is 32.2. The summed E-state index contributed by atoms with van der Waals surface area (Å²) < 4.78 is 41.3. The maximum Gasteiger partial charge on any atom is 0.212 e. The van der Waals surface area contributed by atoms with Gasteiger partial charge in [0.1, 0.15) is 0 Å². The molecule has 0 fully saturated rings. The third-order valence-electron chi connectivity index (χ3n) is 3.27. The van der Waals surface area contributed by atoms with Crippen molar-refractivity contribution >= 4 is 52.8 Å². The molecule has 3 rings (SSSR count). The topological polar surface area (TPSA) is 18.5 Å². The van der Waals surface area contributed by atoms with Crippen molar-refractivity contribution in [3.05, 3.63) is 11.6 Å². The van der Waals surface area contributed by atoms with Gasteiger partial charge in [0.25, 0.3) is 0 Å². The molecule has 0 saturated carbocycles. The molecule has 0 aliphatic rings. The molecule has 0 aliphatic carbocycles. The van der Waals surface area contributed by atoms with Gasteiger partial charge in [0.15, 0.2) is 11.6 Å². The van der Waals surface area contributed by atoms with Crippen molar-refractivity contribution in [3.8, 4) is 10.1 Å². The molecule has 0 amide bonds. The molecule has 120 valence electrons. The van der Waals surface area contributed by atoms with E-state index in [1.165, 1.54) is 34.0 Å². The molecule has 0 aromatic carbocycles. The maximum atomic E-state index is 14.6. The van der Waals surface area contributed by atoms with Crippen LogP contribution in [0.25, 0.3) is 18.8 Å². The lowest BCUT2D eigenvalue weighted by molar-refractivity contribution is 0.302. The van der Waals surface area contributed by atoms with Crippen LogP contribution in [0.4, 0.5) is 8.78 Å². The number of unbranched alkanes of at least 4 members (excludes halogenated alkanes) is 2. The van der Waals surface area contributed by atoms with Gasteiger partial charge in [-0.2, -0.15) is 0 Å². The van der Waals surface area contributed by atoms with Crippen molar-refractivity contribution < 1.29 is 18.3 Å². The molecular formula is C15H16F2O2S3. The second-order valence-corrected chi connectivity index (χ2v) is 8.33. The van der Waals surface area contributed by atoms with E-state index in [4.69, 9.17) is 9.47 Å². The summed E-state index contributed by atoms with van der Waals surface area (Å²) in [5.41, 5.74) is 0. The Bertz CT molecular complexity index is 788. The van der Waals surface area contributed by atoms with Gasteiger partial charge in [-0.15, -0.1) is 11.3 Å². The molecule has 3 aromatic heterocycles. The summed E-state index contributed by atoms with van der Waals surface area (Å²) in [6, 6.07) is 0. The molecule has 0 bridgehead atoms. The highest BCUT2D eigenvalue weighted by molar-refractivity contribution is 7.49. The molecule has 0 aliphatic heterocycles. The van der Waals surface area contributed by atoms with Crippen LogP contribution in [0.15, 0.2) is 0 Å². The van der Waals surface area contributed by atoms with E-state index in [1.54, 1.807) is 6.92 Å². The smallest absolute Gasteiger partial charge is 0.212 e. The zero-order valence-corrected chi connectivity index (χ0v) is 14.8.